The summed E-state index contributed by atoms with van der Waals surface area (Å²) in [6.45, 7) is 7.06. The van der Waals surface area contributed by atoms with Crippen molar-refractivity contribution in [3.63, 3.8) is 0 Å². The molecule has 0 saturated carbocycles. The van der Waals surface area contributed by atoms with Gasteiger partial charge in [0, 0.05) is 25.8 Å². The summed E-state index contributed by atoms with van der Waals surface area (Å²) >= 11 is 1.13. The molecule has 0 aromatic carbocycles. The average molecular weight is 389 g/mol. The van der Waals surface area contributed by atoms with E-state index in [1.807, 2.05) is 20.8 Å². The van der Waals surface area contributed by atoms with E-state index in [1.54, 1.807) is 6.92 Å². The summed E-state index contributed by atoms with van der Waals surface area (Å²) in [6, 6.07) is 2.40. The summed E-state index contributed by atoms with van der Waals surface area (Å²) in [4.78, 5) is 27.9. The van der Waals surface area contributed by atoms with Gasteiger partial charge in [-0.1, -0.05) is 11.8 Å². The second kappa shape index (κ2) is 8.15. The maximum Gasteiger partial charge on any atom is 0.321 e. The van der Waals surface area contributed by atoms with Crippen LogP contribution in [0.25, 0.3) is 0 Å². The van der Waals surface area contributed by atoms with E-state index in [-0.39, 0.29) is 4.90 Å². The molecule has 1 unspecified atom stereocenters. The van der Waals surface area contributed by atoms with Crippen LogP contribution in [-0.4, -0.2) is 54.5 Å². The van der Waals surface area contributed by atoms with Gasteiger partial charge in [0.2, 0.25) is 15.9 Å². The number of hydrogen-bond donors (Lipinski definition) is 2. The van der Waals surface area contributed by atoms with E-state index < -0.39 is 32.8 Å². The second-order valence-corrected chi connectivity index (χ2v) is 10.1. The molecule has 3 amide bonds. The van der Waals surface area contributed by atoms with Crippen molar-refractivity contribution in [2.24, 2.45) is 0 Å². The molecular formula is C15H24N4O4S2. The van der Waals surface area contributed by atoms with Gasteiger partial charge in [0.25, 0.3) is 0 Å². The van der Waals surface area contributed by atoms with E-state index in [0.29, 0.717) is 5.03 Å². The Labute approximate surface area is 152 Å². The number of carbonyl (C=O) groups is 2. The van der Waals surface area contributed by atoms with Gasteiger partial charge in [0.05, 0.1) is 10.3 Å². The monoisotopic (exact) mass is 388 g/mol. The number of nitrogens with one attached hydrogen (secondary N) is 2. The molecule has 0 aliphatic heterocycles. The fourth-order valence-electron chi connectivity index (χ4n) is 1.62. The Morgan fingerprint density at radius 2 is 1.84 bits per heavy atom. The topological polar surface area (TPSA) is 108 Å². The number of rotatable bonds is 5. The van der Waals surface area contributed by atoms with Crippen molar-refractivity contribution in [3.05, 3.63) is 18.3 Å². The Kier molecular flexibility index (Phi) is 6.98. The fourth-order valence-corrected chi connectivity index (χ4v) is 3.26. The quantitative estimate of drug-likeness (QED) is 0.739. The Bertz CT molecular complexity index is 725. The lowest BCUT2D eigenvalue weighted by molar-refractivity contribution is -0.119. The summed E-state index contributed by atoms with van der Waals surface area (Å²) in [7, 11) is -0.667. The van der Waals surface area contributed by atoms with E-state index in [1.165, 1.54) is 32.4 Å². The van der Waals surface area contributed by atoms with E-state index in [4.69, 9.17) is 0 Å². The lowest BCUT2D eigenvalue weighted by Gasteiger charge is -2.21. The lowest BCUT2D eigenvalue weighted by Crippen LogP contribution is -2.49. The molecule has 1 rings (SSSR count). The normalized spacial score (nSPS) is 13.4. The Morgan fingerprint density at radius 3 is 2.28 bits per heavy atom. The molecule has 1 heterocycles. The third-order valence-electron chi connectivity index (χ3n) is 2.88. The number of nitrogens with zero attached hydrogens (tertiary/aromatic N) is 2. The third-order valence-corrected chi connectivity index (χ3v) is 5.73. The van der Waals surface area contributed by atoms with Gasteiger partial charge in [0.1, 0.15) is 4.90 Å². The maximum absolute atomic E-state index is 12.0. The zero-order valence-electron chi connectivity index (χ0n) is 15.2. The second-order valence-electron chi connectivity index (χ2n) is 6.57. The molecule has 2 N–H and O–H groups in total. The van der Waals surface area contributed by atoms with Gasteiger partial charge < -0.3 is 5.32 Å². The van der Waals surface area contributed by atoms with Crippen LogP contribution in [-0.2, 0) is 14.8 Å². The van der Waals surface area contributed by atoms with E-state index in [0.717, 1.165) is 16.1 Å². The first-order valence-electron chi connectivity index (χ1n) is 7.51. The van der Waals surface area contributed by atoms with Crippen molar-refractivity contribution < 1.29 is 18.0 Å². The number of imide groups is 1. The highest BCUT2D eigenvalue weighted by molar-refractivity contribution is 8.00. The smallest absolute Gasteiger partial charge is 0.321 e. The highest BCUT2D eigenvalue weighted by Crippen LogP contribution is 2.22. The lowest BCUT2D eigenvalue weighted by atomic mass is 10.1. The number of thioether (sulfide) groups is 1. The highest BCUT2D eigenvalue weighted by Gasteiger charge is 2.21. The predicted octanol–water partition coefficient (Wildman–Crippen LogP) is 1.44. The minimum Gasteiger partial charge on any atom is -0.333 e. The minimum atomic E-state index is -3.54. The van der Waals surface area contributed by atoms with Crippen LogP contribution >= 0.6 is 11.8 Å². The zero-order chi connectivity index (χ0) is 19.4. The molecule has 0 spiro atoms. The Balaban J connectivity index is 2.70. The number of sulfonamides is 1. The van der Waals surface area contributed by atoms with E-state index in [9.17, 15) is 18.0 Å². The van der Waals surface area contributed by atoms with Crippen molar-refractivity contribution in [2.45, 2.75) is 48.4 Å². The van der Waals surface area contributed by atoms with Gasteiger partial charge in [0.15, 0.2) is 0 Å². The molecule has 1 atom stereocenters. The first-order valence-corrected chi connectivity index (χ1v) is 9.83. The maximum atomic E-state index is 12.0. The molecule has 0 aliphatic carbocycles. The summed E-state index contributed by atoms with van der Waals surface area (Å²) in [5, 5.41) is 4.81. The standard InChI is InChI=1S/C15H24N4O4S2/c1-10(13(20)17-14(21)18-15(2,3)4)24-12-8-7-11(9-16-12)25(22,23)19(5)6/h7-10H,1-6H3,(H2,17,18,20,21). The number of aromatic nitrogens is 1. The minimum absolute atomic E-state index is 0.0727. The largest absolute Gasteiger partial charge is 0.333 e. The number of urea groups is 1. The van der Waals surface area contributed by atoms with Gasteiger partial charge in [-0.2, -0.15) is 0 Å². The molecular weight excluding hydrogens is 364 g/mol. The van der Waals surface area contributed by atoms with Gasteiger partial charge in [-0.25, -0.2) is 22.5 Å². The number of amides is 3. The summed E-state index contributed by atoms with van der Waals surface area (Å²) in [5.74, 6) is -0.460. The molecule has 0 aliphatic rings. The molecule has 0 bridgehead atoms. The SMILES string of the molecule is CC(Sc1ccc(S(=O)(=O)N(C)C)cn1)C(=O)NC(=O)NC(C)(C)C. The molecule has 0 radical (unpaired) electrons. The first-order chi connectivity index (χ1) is 11.3. The fraction of sp³-hybridized carbons (Fsp3) is 0.533. The number of pyridine rings is 1. The van der Waals surface area contributed by atoms with Gasteiger partial charge in [-0.05, 0) is 39.8 Å². The van der Waals surface area contributed by atoms with Crippen molar-refractivity contribution in [2.75, 3.05) is 14.1 Å². The van der Waals surface area contributed by atoms with Crippen LogP contribution in [0.15, 0.2) is 28.3 Å². The molecule has 1 aromatic heterocycles. The molecule has 140 valence electrons. The third kappa shape index (κ3) is 6.63. The van der Waals surface area contributed by atoms with Crippen molar-refractivity contribution >= 4 is 33.7 Å². The van der Waals surface area contributed by atoms with Crippen LogP contribution in [0.2, 0.25) is 0 Å². The Morgan fingerprint density at radius 1 is 1.24 bits per heavy atom. The summed E-state index contributed by atoms with van der Waals surface area (Å²) < 4.78 is 25.1. The predicted molar refractivity (Wildman–Crippen MR) is 96.9 cm³/mol. The molecule has 8 nitrogen and oxygen atoms in total. The number of carbonyl (C=O) groups excluding carboxylic acids is 2. The summed E-state index contributed by atoms with van der Waals surface area (Å²) in [5.41, 5.74) is -0.448. The zero-order valence-corrected chi connectivity index (χ0v) is 16.8. The van der Waals surface area contributed by atoms with Crippen LogP contribution in [0.5, 0.6) is 0 Å². The van der Waals surface area contributed by atoms with E-state index in [2.05, 4.69) is 15.6 Å². The van der Waals surface area contributed by atoms with Crippen LogP contribution in [0, 0.1) is 0 Å². The first kappa shape index (κ1) is 21.4. The van der Waals surface area contributed by atoms with Crippen molar-refractivity contribution in [1.29, 1.82) is 0 Å². The molecule has 0 fully saturated rings. The summed E-state index contributed by atoms with van der Waals surface area (Å²) in [6.07, 6.45) is 1.24. The molecule has 10 heteroatoms. The molecule has 1 aromatic rings. The molecule has 25 heavy (non-hydrogen) atoms. The average Bonchev–Trinajstić information content (AvgIpc) is 2.45. The number of hydrogen-bond acceptors (Lipinski definition) is 6. The van der Waals surface area contributed by atoms with Gasteiger partial charge in [-0.3, -0.25) is 10.1 Å². The van der Waals surface area contributed by atoms with Gasteiger partial charge in [-0.15, -0.1) is 0 Å². The molecule has 0 saturated heterocycles. The van der Waals surface area contributed by atoms with Crippen LogP contribution < -0.4 is 10.6 Å². The van der Waals surface area contributed by atoms with Crippen molar-refractivity contribution in [3.8, 4) is 0 Å². The van der Waals surface area contributed by atoms with Crippen LogP contribution in [0.4, 0.5) is 4.79 Å². The van der Waals surface area contributed by atoms with Crippen LogP contribution in [0.1, 0.15) is 27.7 Å². The van der Waals surface area contributed by atoms with E-state index >= 15 is 0 Å². The highest BCUT2D eigenvalue weighted by atomic mass is 32.2. The van der Waals surface area contributed by atoms with Crippen molar-refractivity contribution in [1.82, 2.24) is 19.9 Å². The van der Waals surface area contributed by atoms with Crippen LogP contribution in [0.3, 0.4) is 0 Å². The van der Waals surface area contributed by atoms with Gasteiger partial charge >= 0.3 is 6.03 Å². The Hall–Kier alpha value is -1.65.